The van der Waals surface area contributed by atoms with E-state index < -0.39 is 50.0 Å². The molecule has 0 spiro atoms. The van der Waals surface area contributed by atoms with Gasteiger partial charge in [-0.3, -0.25) is 0 Å². The first-order valence-electron chi connectivity index (χ1n) is 4.52. The second kappa shape index (κ2) is 5.17. The smallest absolute Gasteiger partial charge is 0.326 e. The van der Waals surface area contributed by atoms with E-state index in [4.69, 9.17) is 16.4 Å². The van der Waals surface area contributed by atoms with Gasteiger partial charge in [0.25, 0.3) is 15.5 Å². The van der Waals surface area contributed by atoms with Crippen molar-refractivity contribution < 1.29 is 30.4 Å². The summed E-state index contributed by atoms with van der Waals surface area (Å²) in [5.74, 6) is 0. The van der Waals surface area contributed by atoms with Gasteiger partial charge in [0.2, 0.25) is 0 Å². The standard InChI is InChI=1S/C8H6ClF5N2O2S/c9-19(17,18)7-3(2-15)4(8(12,13)14)1-5(16-7)6(10)11/h1,6H,2,15H2. The van der Waals surface area contributed by atoms with Gasteiger partial charge in [-0.05, 0) is 6.07 Å². The molecule has 0 unspecified atom stereocenters. The second-order valence-electron chi connectivity index (χ2n) is 3.32. The molecule has 19 heavy (non-hydrogen) atoms. The molecule has 0 radical (unpaired) electrons. The number of aromatic nitrogens is 1. The third-order valence-corrected chi connectivity index (χ3v) is 3.31. The topological polar surface area (TPSA) is 73.0 Å². The Bertz CT molecular complexity index is 588. The molecule has 0 fully saturated rings. The molecule has 0 aliphatic rings. The largest absolute Gasteiger partial charge is 0.416 e. The number of alkyl halides is 5. The molecule has 4 nitrogen and oxygen atoms in total. The van der Waals surface area contributed by atoms with E-state index in [2.05, 4.69) is 4.98 Å². The number of nitrogens with zero attached hydrogens (tertiary/aromatic N) is 1. The lowest BCUT2D eigenvalue weighted by Gasteiger charge is -2.15. The Balaban J connectivity index is 3.77. The average Bonchev–Trinajstić information content (AvgIpc) is 2.24. The maximum Gasteiger partial charge on any atom is 0.416 e. The molecule has 1 aromatic heterocycles. The maximum absolute atomic E-state index is 12.7. The van der Waals surface area contributed by atoms with Crippen molar-refractivity contribution in [2.45, 2.75) is 24.2 Å². The van der Waals surface area contributed by atoms with Crippen LogP contribution in [0.2, 0.25) is 0 Å². The Kier molecular flexibility index (Phi) is 4.37. The lowest BCUT2D eigenvalue weighted by atomic mass is 10.1. The van der Waals surface area contributed by atoms with Crippen LogP contribution in [0.4, 0.5) is 22.0 Å². The van der Waals surface area contributed by atoms with Crippen LogP contribution in [-0.4, -0.2) is 13.4 Å². The molecular weight excluding hydrogens is 319 g/mol. The first kappa shape index (κ1) is 16.1. The van der Waals surface area contributed by atoms with Gasteiger partial charge in [-0.15, -0.1) is 0 Å². The summed E-state index contributed by atoms with van der Waals surface area (Å²) in [7, 11) is 0.147. The van der Waals surface area contributed by atoms with Crippen molar-refractivity contribution in [3.8, 4) is 0 Å². The first-order chi connectivity index (χ1) is 8.48. The molecule has 0 bridgehead atoms. The summed E-state index contributed by atoms with van der Waals surface area (Å²) in [5, 5.41) is -1.30. The molecule has 2 N–H and O–H groups in total. The number of hydrogen-bond acceptors (Lipinski definition) is 4. The summed E-state index contributed by atoms with van der Waals surface area (Å²) >= 11 is 0. The molecule has 0 aliphatic carbocycles. The van der Waals surface area contributed by atoms with E-state index in [0.717, 1.165) is 0 Å². The van der Waals surface area contributed by atoms with E-state index in [9.17, 15) is 30.4 Å². The minimum Gasteiger partial charge on any atom is -0.326 e. The summed E-state index contributed by atoms with van der Waals surface area (Å²) < 4.78 is 85.1. The SMILES string of the molecule is NCc1c(C(F)(F)F)cc(C(F)F)nc1S(=O)(=O)Cl. The highest BCUT2D eigenvalue weighted by Gasteiger charge is 2.37. The van der Waals surface area contributed by atoms with E-state index in [1.54, 1.807) is 0 Å². The Morgan fingerprint density at radius 2 is 1.89 bits per heavy atom. The molecule has 108 valence electrons. The van der Waals surface area contributed by atoms with Gasteiger partial charge >= 0.3 is 6.18 Å². The van der Waals surface area contributed by atoms with Gasteiger partial charge < -0.3 is 5.73 Å². The normalized spacial score (nSPS) is 13.1. The van der Waals surface area contributed by atoms with E-state index >= 15 is 0 Å². The van der Waals surface area contributed by atoms with Gasteiger partial charge in [0, 0.05) is 22.8 Å². The minimum atomic E-state index is -5.06. The predicted octanol–water partition coefficient (Wildman–Crippen LogP) is 2.42. The van der Waals surface area contributed by atoms with Crippen LogP contribution in [0, 0.1) is 0 Å². The minimum absolute atomic E-state index is 0.0540. The molecule has 11 heteroatoms. The van der Waals surface area contributed by atoms with Crippen LogP contribution >= 0.6 is 10.7 Å². The van der Waals surface area contributed by atoms with Gasteiger partial charge in [-0.25, -0.2) is 22.2 Å². The highest BCUT2D eigenvalue weighted by atomic mass is 35.7. The van der Waals surface area contributed by atoms with Gasteiger partial charge in [-0.2, -0.15) is 13.2 Å². The summed E-state index contributed by atoms with van der Waals surface area (Å²) in [6.07, 6.45) is -8.44. The Labute approximate surface area is 108 Å². The van der Waals surface area contributed by atoms with Crippen LogP contribution in [-0.2, 0) is 21.8 Å². The third-order valence-electron chi connectivity index (χ3n) is 2.07. The number of rotatable bonds is 3. The van der Waals surface area contributed by atoms with Crippen molar-refractivity contribution in [1.82, 2.24) is 4.98 Å². The third kappa shape index (κ3) is 3.51. The maximum atomic E-state index is 12.7. The van der Waals surface area contributed by atoms with Crippen LogP contribution in [0.5, 0.6) is 0 Å². The van der Waals surface area contributed by atoms with Crippen LogP contribution in [0.3, 0.4) is 0 Å². The van der Waals surface area contributed by atoms with Crippen molar-refractivity contribution >= 4 is 19.7 Å². The van der Waals surface area contributed by atoms with E-state index in [1.165, 1.54) is 0 Å². The van der Waals surface area contributed by atoms with Gasteiger partial charge in [-0.1, -0.05) is 0 Å². The van der Waals surface area contributed by atoms with E-state index in [-0.39, 0.29) is 6.07 Å². The lowest BCUT2D eigenvalue weighted by Crippen LogP contribution is -2.18. The zero-order chi connectivity index (χ0) is 15.0. The molecule has 1 rings (SSSR count). The predicted molar refractivity (Wildman–Crippen MR) is 55.1 cm³/mol. The van der Waals surface area contributed by atoms with Crippen LogP contribution in [0.1, 0.15) is 23.2 Å². The first-order valence-corrected chi connectivity index (χ1v) is 6.83. The van der Waals surface area contributed by atoms with E-state index in [1.807, 2.05) is 0 Å². The molecule has 0 saturated carbocycles. The number of halogens is 6. The van der Waals surface area contributed by atoms with Crippen LogP contribution in [0.15, 0.2) is 11.1 Å². The van der Waals surface area contributed by atoms with Gasteiger partial charge in [0.05, 0.1) is 5.56 Å². The van der Waals surface area contributed by atoms with Gasteiger partial charge in [0.15, 0.2) is 5.03 Å². The molecule has 0 aliphatic heterocycles. The monoisotopic (exact) mass is 324 g/mol. The van der Waals surface area contributed by atoms with Crippen molar-refractivity contribution in [1.29, 1.82) is 0 Å². The fourth-order valence-corrected chi connectivity index (χ4v) is 2.42. The summed E-state index contributed by atoms with van der Waals surface area (Å²) in [5.41, 5.74) is 1.13. The average molecular weight is 325 g/mol. The summed E-state index contributed by atoms with van der Waals surface area (Å²) in [4.78, 5) is 2.94. The summed E-state index contributed by atoms with van der Waals surface area (Å²) in [6, 6.07) is 0.0540. The van der Waals surface area contributed by atoms with E-state index in [0.29, 0.717) is 0 Å². The number of nitrogens with two attached hydrogens (primary N) is 1. The zero-order valence-electron chi connectivity index (χ0n) is 8.88. The quantitative estimate of drug-likeness (QED) is 0.684. The Hall–Kier alpha value is -1.00. The van der Waals surface area contributed by atoms with Crippen LogP contribution in [0.25, 0.3) is 0 Å². The van der Waals surface area contributed by atoms with Crippen molar-refractivity contribution in [3.63, 3.8) is 0 Å². The second-order valence-corrected chi connectivity index (χ2v) is 5.80. The zero-order valence-corrected chi connectivity index (χ0v) is 10.5. The van der Waals surface area contributed by atoms with Crippen molar-refractivity contribution in [2.24, 2.45) is 5.73 Å². The molecule has 0 atom stereocenters. The molecule has 0 amide bonds. The van der Waals surface area contributed by atoms with Crippen molar-refractivity contribution in [3.05, 3.63) is 22.9 Å². The number of hydrogen-bond donors (Lipinski definition) is 1. The molecule has 1 heterocycles. The molecule has 0 saturated heterocycles. The van der Waals surface area contributed by atoms with Gasteiger partial charge in [0.1, 0.15) is 5.69 Å². The Morgan fingerprint density at radius 1 is 1.37 bits per heavy atom. The molecule has 1 aromatic rings. The highest BCUT2D eigenvalue weighted by Crippen LogP contribution is 2.36. The fraction of sp³-hybridized carbons (Fsp3) is 0.375. The fourth-order valence-electron chi connectivity index (χ4n) is 1.33. The highest BCUT2D eigenvalue weighted by molar-refractivity contribution is 8.13. The number of pyridine rings is 1. The Morgan fingerprint density at radius 3 is 2.21 bits per heavy atom. The molecular formula is C8H6ClF5N2O2S. The lowest BCUT2D eigenvalue weighted by molar-refractivity contribution is -0.138. The van der Waals surface area contributed by atoms with Crippen LogP contribution < -0.4 is 5.73 Å². The molecule has 0 aromatic carbocycles. The van der Waals surface area contributed by atoms with Crippen molar-refractivity contribution in [2.75, 3.05) is 0 Å². The summed E-state index contributed by atoms with van der Waals surface area (Å²) in [6.45, 7) is -0.868.